The third-order valence-corrected chi connectivity index (χ3v) is 27.6. The molecule has 2 heterocycles. The molecule has 1 N–H and O–H groups in total. The van der Waals surface area contributed by atoms with Crippen LogP contribution in [-0.4, -0.2) is 118 Å². The minimum absolute atomic E-state index is 0.0169. The van der Waals surface area contributed by atoms with Crippen LogP contribution in [0, 0.1) is 0 Å². The number of carbonyl (C=O) groups excluding carboxylic acids is 3. The fourth-order valence-corrected chi connectivity index (χ4v) is 17.1. The van der Waals surface area contributed by atoms with E-state index >= 15 is 0 Å². The van der Waals surface area contributed by atoms with Gasteiger partial charge in [0.25, 0.3) is 0 Å². The zero-order chi connectivity index (χ0) is 46.4. The number of nitrogens with zero attached hydrogens (tertiary/aromatic N) is 1. The molecule has 14 nitrogen and oxygen atoms in total. The van der Waals surface area contributed by atoms with Crippen LogP contribution in [-0.2, 0) is 53.1 Å². The molecule has 0 aromatic heterocycles. The van der Waals surface area contributed by atoms with Gasteiger partial charge in [-0.1, -0.05) is 92.6 Å². The number of hydrogen-bond acceptors (Lipinski definition) is 13. The number of ether oxygens (including phenoxy) is 6. The second-order valence-electron chi connectivity index (χ2n) is 16.7. The van der Waals surface area contributed by atoms with E-state index in [1.54, 1.807) is 31.3 Å². The monoisotopic (exact) mass is 933 g/mol. The van der Waals surface area contributed by atoms with E-state index in [0.717, 1.165) is 60.0 Å². The van der Waals surface area contributed by atoms with Crippen LogP contribution in [0.25, 0.3) is 0 Å². The molecule has 2 saturated heterocycles. The Morgan fingerprint density at radius 1 is 0.635 bits per heavy atom. The molecule has 1 unspecified atom stereocenters. The number of carbonyl (C=O) groups is 3. The van der Waals surface area contributed by atoms with Crippen LogP contribution in [0.1, 0.15) is 85.2 Å². The van der Waals surface area contributed by atoms with Crippen LogP contribution in [0.4, 0.5) is 10.5 Å². The first-order valence-electron chi connectivity index (χ1n) is 23.2. The second-order valence-corrected chi connectivity index (χ2v) is 30.9. The third kappa shape index (κ3) is 13.3. The Morgan fingerprint density at radius 2 is 1.13 bits per heavy atom. The zero-order valence-electron chi connectivity index (χ0n) is 39.6. The lowest BCUT2D eigenvalue weighted by Crippen LogP contribution is -2.65. The Morgan fingerprint density at radius 3 is 1.63 bits per heavy atom. The maximum absolute atomic E-state index is 14.5. The summed E-state index contributed by atoms with van der Waals surface area (Å²) in [4.78, 5) is 41.4. The predicted octanol–water partition coefficient (Wildman–Crippen LogP) is 9.18. The first kappa shape index (κ1) is 52.6. The van der Waals surface area contributed by atoms with Crippen molar-refractivity contribution in [3.8, 4) is 0 Å². The molecule has 2 aromatic carbocycles. The Kier molecular flexibility index (Phi) is 20.5. The number of hydrogen-bond donors (Lipinski definition) is 1. The Labute approximate surface area is 378 Å². The van der Waals surface area contributed by atoms with E-state index in [1.165, 1.54) is 11.8 Å². The summed E-state index contributed by atoms with van der Waals surface area (Å²) >= 11 is 0. The van der Waals surface area contributed by atoms with Crippen LogP contribution in [0.2, 0.25) is 54.4 Å². The van der Waals surface area contributed by atoms with Gasteiger partial charge in [-0.3, -0.25) is 9.69 Å². The number of aliphatic hydroxyl groups excluding tert-OH is 1. The molecule has 2 aliphatic rings. The van der Waals surface area contributed by atoms with Gasteiger partial charge in [0.1, 0.15) is 18.8 Å². The maximum Gasteiger partial charge on any atom is 0.414 e. The molecule has 2 aromatic rings. The van der Waals surface area contributed by atoms with Crippen LogP contribution in [0.5, 0.6) is 0 Å². The SMILES string of the molecule is CC[Si](CC)(CC)O[C@@H]1[C@@H](OC(=O)c2ccc(N(C)C(=O)OCc3ccccc3)cc2)[C@H](O[C@H]2[C@@H](O[Si](CC)(CC)CC)COC(O)[C@@H]2OC(C)=O)OC[C@H]1O[Si](CC)(CC)CC. The summed E-state index contributed by atoms with van der Waals surface area (Å²) in [5.41, 5.74) is 1.60. The van der Waals surface area contributed by atoms with E-state index in [0.29, 0.717) is 5.69 Å². The molecule has 0 bridgehead atoms. The van der Waals surface area contributed by atoms with Crippen molar-refractivity contribution in [2.24, 2.45) is 0 Å². The average Bonchev–Trinajstić information content (AvgIpc) is 3.31. The lowest BCUT2D eigenvalue weighted by atomic mass is 10.0. The summed E-state index contributed by atoms with van der Waals surface area (Å²) in [6.45, 7) is 20.7. The quantitative estimate of drug-likeness (QED) is 0.0640. The van der Waals surface area contributed by atoms with Gasteiger partial charge in [-0.25, -0.2) is 9.59 Å². The molecule has 17 heteroatoms. The largest absolute Gasteiger partial charge is 0.454 e. The highest BCUT2D eigenvalue weighted by atomic mass is 28.4. The average molecular weight is 934 g/mol. The van der Waals surface area contributed by atoms with E-state index in [2.05, 4.69) is 62.3 Å². The van der Waals surface area contributed by atoms with Crippen LogP contribution in [0.15, 0.2) is 54.6 Å². The molecule has 63 heavy (non-hydrogen) atoms. The first-order valence-corrected chi connectivity index (χ1v) is 30.8. The fourth-order valence-electron chi connectivity index (χ4n) is 8.59. The molecule has 0 radical (unpaired) electrons. The smallest absolute Gasteiger partial charge is 0.414 e. The number of anilines is 1. The lowest BCUT2D eigenvalue weighted by Gasteiger charge is -2.49. The van der Waals surface area contributed by atoms with Crippen molar-refractivity contribution in [2.45, 2.75) is 179 Å². The van der Waals surface area contributed by atoms with E-state index in [-0.39, 0.29) is 25.4 Å². The standard InChI is InChI=1S/C46H75NO13Si3/c1-12-61(13-2,14-3)58-37-31-52-44(50)41(55-33(10)48)39(37)57-45-42(40(60-63(18-7,19-8)20-9)38(32-53-45)59-62(15-4,16-5)17-6)56-43(49)35-26-28-36(29-27-35)47(11)46(51)54-30-34-24-22-21-23-25-34/h21-29,37-42,44-45,50H,12-20,30-32H2,1-11H3/t37-,38+,39-,40-,41+,42+,44?,45-/m0/s1. The van der Waals surface area contributed by atoms with Crippen molar-refractivity contribution < 1.29 is 61.2 Å². The maximum atomic E-state index is 14.5. The summed E-state index contributed by atoms with van der Waals surface area (Å²) in [6.07, 6.45) is -8.91. The van der Waals surface area contributed by atoms with Gasteiger partial charge in [0, 0.05) is 19.7 Å². The van der Waals surface area contributed by atoms with Crippen LogP contribution < -0.4 is 4.90 Å². The summed E-state index contributed by atoms with van der Waals surface area (Å²) in [5.74, 6) is -1.30. The number of amides is 1. The van der Waals surface area contributed by atoms with Gasteiger partial charge in [-0.2, -0.15) is 0 Å². The normalized spacial score (nSPS) is 24.4. The van der Waals surface area contributed by atoms with Crippen LogP contribution >= 0.6 is 0 Å². The Hall–Kier alpha value is -2.98. The minimum atomic E-state index is -2.44. The molecule has 0 saturated carbocycles. The number of aliphatic hydroxyl groups is 1. The molecular formula is C46H75NO13Si3. The molecule has 354 valence electrons. The lowest BCUT2D eigenvalue weighted by molar-refractivity contribution is -0.326. The highest BCUT2D eigenvalue weighted by molar-refractivity contribution is 6.74. The Balaban J connectivity index is 1.77. The van der Waals surface area contributed by atoms with Crippen molar-refractivity contribution in [1.82, 2.24) is 0 Å². The van der Waals surface area contributed by atoms with Crippen molar-refractivity contribution in [1.29, 1.82) is 0 Å². The van der Waals surface area contributed by atoms with Gasteiger partial charge in [-0.05, 0) is 84.2 Å². The highest BCUT2D eigenvalue weighted by Gasteiger charge is 2.54. The Bertz CT molecular complexity index is 1690. The zero-order valence-corrected chi connectivity index (χ0v) is 42.6. The van der Waals surface area contributed by atoms with Crippen LogP contribution in [0.3, 0.4) is 0 Å². The second kappa shape index (κ2) is 24.5. The van der Waals surface area contributed by atoms with Crippen molar-refractivity contribution >= 4 is 48.7 Å². The summed E-state index contributed by atoms with van der Waals surface area (Å²) < 4.78 is 58.5. The molecular weight excluding hydrogens is 859 g/mol. The van der Waals surface area contributed by atoms with Gasteiger partial charge in [0.15, 0.2) is 49.7 Å². The van der Waals surface area contributed by atoms with E-state index in [4.69, 9.17) is 41.7 Å². The minimum Gasteiger partial charge on any atom is -0.454 e. The molecule has 1 amide bonds. The molecule has 2 fully saturated rings. The first-order chi connectivity index (χ1) is 30.1. The summed E-state index contributed by atoms with van der Waals surface area (Å²) in [5, 5.41) is 11.2. The predicted molar refractivity (Wildman–Crippen MR) is 249 cm³/mol. The van der Waals surface area contributed by atoms with E-state index in [9.17, 15) is 19.5 Å². The summed E-state index contributed by atoms with van der Waals surface area (Å²) in [6, 6.07) is 23.5. The topological polar surface area (TPSA) is 158 Å². The molecule has 2 aliphatic heterocycles. The van der Waals surface area contributed by atoms with Crippen molar-refractivity contribution in [3.05, 3.63) is 65.7 Å². The fraction of sp³-hybridized carbons (Fsp3) is 0.674. The molecule has 0 spiro atoms. The van der Waals surface area contributed by atoms with Crippen molar-refractivity contribution in [2.75, 3.05) is 25.2 Å². The van der Waals surface area contributed by atoms with Crippen molar-refractivity contribution in [3.63, 3.8) is 0 Å². The molecule has 4 rings (SSSR count). The van der Waals surface area contributed by atoms with E-state index in [1.807, 2.05) is 30.3 Å². The number of rotatable bonds is 23. The van der Waals surface area contributed by atoms with Gasteiger partial charge in [0.2, 0.25) is 0 Å². The molecule has 8 atom stereocenters. The van der Waals surface area contributed by atoms with Gasteiger partial charge < -0.3 is 46.8 Å². The molecule has 0 aliphatic carbocycles. The summed E-state index contributed by atoms with van der Waals surface area (Å²) in [7, 11) is -5.44. The highest BCUT2D eigenvalue weighted by Crippen LogP contribution is 2.38. The number of esters is 2. The van der Waals surface area contributed by atoms with Gasteiger partial charge in [-0.15, -0.1) is 0 Å². The van der Waals surface area contributed by atoms with Gasteiger partial charge in [0.05, 0.1) is 31.0 Å². The van der Waals surface area contributed by atoms with E-state index < -0.39 is 92.2 Å². The van der Waals surface area contributed by atoms with Gasteiger partial charge >= 0.3 is 18.0 Å². The third-order valence-electron chi connectivity index (χ3n) is 13.6. The number of benzene rings is 2.